The molecule has 100 valence electrons. The first-order valence-electron chi connectivity index (χ1n) is 5.38. The summed E-state index contributed by atoms with van der Waals surface area (Å²) in [6.45, 7) is 0.336. The Morgan fingerprint density at radius 2 is 2.32 bits per heavy atom. The molecule has 2 aromatic heterocycles. The lowest BCUT2D eigenvalue weighted by atomic mass is 10.3. The molecule has 0 radical (unpaired) electrons. The highest BCUT2D eigenvalue weighted by atomic mass is 32.2. The van der Waals surface area contributed by atoms with E-state index in [1.165, 1.54) is 23.7 Å². The lowest BCUT2D eigenvalue weighted by molar-refractivity contribution is 0.350. The molecule has 1 N–H and O–H groups in total. The van der Waals surface area contributed by atoms with Crippen molar-refractivity contribution in [3.8, 4) is 11.8 Å². The predicted octanol–water partition coefficient (Wildman–Crippen LogP) is 0.740. The summed E-state index contributed by atoms with van der Waals surface area (Å²) >= 11 is 1.52. The summed E-state index contributed by atoms with van der Waals surface area (Å²) in [4.78, 5) is 1.23. The zero-order valence-corrected chi connectivity index (χ0v) is 11.8. The molecule has 0 fully saturated rings. The van der Waals surface area contributed by atoms with Crippen LogP contribution in [0.3, 0.4) is 0 Å². The van der Waals surface area contributed by atoms with Crippen LogP contribution in [0, 0.1) is 11.8 Å². The zero-order valence-electron chi connectivity index (χ0n) is 10.2. The van der Waals surface area contributed by atoms with Crippen LogP contribution in [0.2, 0.25) is 0 Å². The molecule has 5 nitrogen and oxygen atoms in total. The highest BCUT2D eigenvalue weighted by molar-refractivity contribution is 7.90. The average molecular weight is 296 g/mol. The maximum absolute atomic E-state index is 11.3. The molecule has 7 heteroatoms. The quantitative estimate of drug-likeness (QED) is 0.848. The number of sulfone groups is 1. The van der Waals surface area contributed by atoms with Gasteiger partial charge in [0.2, 0.25) is 0 Å². The summed E-state index contributed by atoms with van der Waals surface area (Å²) in [6.07, 6.45) is 4.01. The average Bonchev–Trinajstić information content (AvgIpc) is 2.95. The Kier molecular flexibility index (Phi) is 4.04. The summed E-state index contributed by atoms with van der Waals surface area (Å²) in [7, 11) is -3.21. The monoisotopic (exact) mass is 296 g/mol. The molecular weight excluding hydrogens is 284 g/mol. The van der Waals surface area contributed by atoms with Crippen LogP contribution in [0.15, 0.2) is 28.7 Å². The molecule has 19 heavy (non-hydrogen) atoms. The summed E-state index contributed by atoms with van der Waals surface area (Å²) in [5, 5.41) is 14.5. The van der Waals surface area contributed by atoms with Crippen LogP contribution >= 0.6 is 11.3 Å². The van der Waals surface area contributed by atoms with Crippen molar-refractivity contribution in [3.05, 3.63) is 34.3 Å². The van der Waals surface area contributed by atoms with E-state index in [4.69, 9.17) is 5.11 Å². The Hall–Kier alpha value is -1.62. The Bertz CT molecular complexity index is 732. The Morgan fingerprint density at radius 1 is 1.53 bits per heavy atom. The van der Waals surface area contributed by atoms with Gasteiger partial charge in [-0.05, 0) is 6.07 Å². The number of rotatable bonds is 3. The normalized spacial score (nSPS) is 11.1. The summed E-state index contributed by atoms with van der Waals surface area (Å²) in [5.41, 5.74) is 0.838. The van der Waals surface area contributed by atoms with Gasteiger partial charge in [0.25, 0.3) is 0 Å². The van der Waals surface area contributed by atoms with Crippen LogP contribution < -0.4 is 0 Å². The van der Waals surface area contributed by atoms with Crippen molar-refractivity contribution in [2.75, 3.05) is 12.9 Å². The van der Waals surface area contributed by atoms with Crippen LogP contribution in [0.25, 0.3) is 0 Å². The van der Waals surface area contributed by atoms with E-state index in [0.29, 0.717) is 6.54 Å². The fourth-order valence-corrected chi connectivity index (χ4v) is 2.81. The number of hydrogen-bond donors (Lipinski definition) is 1. The molecule has 0 aliphatic heterocycles. The van der Waals surface area contributed by atoms with Crippen molar-refractivity contribution in [2.45, 2.75) is 11.4 Å². The number of thiophene rings is 1. The lowest BCUT2D eigenvalue weighted by Gasteiger charge is -1.96. The molecule has 0 unspecified atom stereocenters. The van der Waals surface area contributed by atoms with E-state index in [0.717, 1.165) is 16.7 Å². The van der Waals surface area contributed by atoms with Crippen LogP contribution in [-0.2, 0) is 16.4 Å². The number of aliphatic hydroxyl groups excluding tert-OH is 1. The maximum Gasteiger partial charge on any atom is 0.178 e. The number of aromatic nitrogens is 2. The van der Waals surface area contributed by atoms with E-state index in [2.05, 4.69) is 16.9 Å². The van der Waals surface area contributed by atoms with Gasteiger partial charge in [0.1, 0.15) is 11.5 Å². The van der Waals surface area contributed by atoms with Gasteiger partial charge in [-0.2, -0.15) is 5.10 Å². The molecule has 0 amide bonds. The van der Waals surface area contributed by atoms with E-state index in [-0.39, 0.29) is 11.5 Å². The molecule has 0 bridgehead atoms. The minimum atomic E-state index is -3.21. The van der Waals surface area contributed by atoms with Crippen molar-refractivity contribution in [1.82, 2.24) is 9.78 Å². The van der Waals surface area contributed by atoms with Crippen LogP contribution in [0.4, 0.5) is 0 Å². The third-order valence-corrected chi connectivity index (χ3v) is 4.31. The maximum atomic E-state index is 11.3. The minimum absolute atomic E-state index is 0.165. The van der Waals surface area contributed by atoms with Gasteiger partial charge in [0.15, 0.2) is 9.84 Å². The smallest absolute Gasteiger partial charge is 0.178 e. The van der Waals surface area contributed by atoms with Gasteiger partial charge in [0, 0.05) is 28.3 Å². The van der Waals surface area contributed by atoms with Crippen LogP contribution in [0.5, 0.6) is 0 Å². The van der Waals surface area contributed by atoms with Gasteiger partial charge in [-0.1, -0.05) is 11.8 Å². The van der Waals surface area contributed by atoms with Crippen molar-refractivity contribution >= 4 is 21.2 Å². The van der Waals surface area contributed by atoms with Gasteiger partial charge in [-0.25, -0.2) is 8.42 Å². The van der Waals surface area contributed by atoms with Crippen molar-refractivity contribution in [3.63, 3.8) is 0 Å². The first-order chi connectivity index (χ1) is 8.99. The van der Waals surface area contributed by atoms with E-state index in [1.54, 1.807) is 4.68 Å². The molecule has 0 saturated heterocycles. The van der Waals surface area contributed by atoms with E-state index < -0.39 is 9.84 Å². The van der Waals surface area contributed by atoms with Crippen molar-refractivity contribution in [1.29, 1.82) is 0 Å². The van der Waals surface area contributed by atoms with Gasteiger partial charge < -0.3 is 5.11 Å². The number of aliphatic hydroxyl groups is 1. The summed E-state index contributed by atoms with van der Waals surface area (Å²) in [6, 6.07) is 1.90. The predicted molar refractivity (Wildman–Crippen MR) is 72.7 cm³/mol. The second-order valence-electron chi connectivity index (χ2n) is 3.91. The van der Waals surface area contributed by atoms with Crippen molar-refractivity contribution < 1.29 is 13.5 Å². The molecule has 0 saturated carbocycles. The molecule has 0 aliphatic carbocycles. The standard InChI is InChI=1S/C12H12N2O3S2/c1-19(16,17)12-6-13-14(8-12)7-11-5-10(9-18-11)3-2-4-15/h5-6,8-9,15H,4,7H2,1H3. The first-order valence-corrected chi connectivity index (χ1v) is 8.16. The second kappa shape index (κ2) is 5.57. The molecule has 2 heterocycles. The molecule has 0 atom stereocenters. The fourth-order valence-electron chi connectivity index (χ4n) is 1.45. The fraction of sp³-hybridized carbons (Fsp3) is 0.250. The summed E-state index contributed by atoms with van der Waals surface area (Å²) < 4.78 is 24.2. The van der Waals surface area contributed by atoms with E-state index in [9.17, 15) is 8.42 Å². The number of nitrogens with zero attached hydrogens (tertiary/aromatic N) is 2. The van der Waals surface area contributed by atoms with Gasteiger partial charge in [0.05, 0.1) is 12.7 Å². The number of hydrogen-bond acceptors (Lipinski definition) is 5. The van der Waals surface area contributed by atoms with Gasteiger partial charge in [-0.3, -0.25) is 4.68 Å². The van der Waals surface area contributed by atoms with Crippen molar-refractivity contribution in [2.24, 2.45) is 0 Å². The Balaban J connectivity index is 2.13. The molecule has 0 spiro atoms. The second-order valence-corrected chi connectivity index (χ2v) is 6.92. The highest BCUT2D eigenvalue weighted by Crippen LogP contribution is 2.16. The molecular formula is C12H12N2O3S2. The van der Waals surface area contributed by atoms with E-state index in [1.807, 2.05) is 11.4 Å². The van der Waals surface area contributed by atoms with Crippen LogP contribution in [0.1, 0.15) is 10.4 Å². The first kappa shape index (κ1) is 13.8. The third-order valence-electron chi connectivity index (χ3n) is 2.32. The highest BCUT2D eigenvalue weighted by Gasteiger charge is 2.10. The largest absolute Gasteiger partial charge is 0.384 e. The lowest BCUT2D eigenvalue weighted by Crippen LogP contribution is -1.98. The van der Waals surface area contributed by atoms with Gasteiger partial charge in [-0.15, -0.1) is 11.3 Å². The molecule has 0 aliphatic rings. The van der Waals surface area contributed by atoms with Gasteiger partial charge >= 0.3 is 0 Å². The third kappa shape index (κ3) is 3.67. The SMILES string of the molecule is CS(=O)(=O)c1cnn(Cc2cc(C#CCO)cs2)c1. The topological polar surface area (TPSA) is 72.2 Å². The Morgan fingerprint density at radius 3 is 2.95 bits per heavy atom. The molecule has 2 aromatic rings. The van der Waals surface area contributed by atoms with E-state index >= 15 is 0 Å². The Labute approximate surface area is 115 Å². The zero-order chi connectivity index (χ0) is 13.9. The summed E-state index contributed by atoms with van der Waals surface area (Å²) in [5.74, 6) is 5.39. The molecule has 2 rings (SSSR count). The molecule has 0 aromatic carbocycles. The minimum Gasteiger partial charge on any atom is -0.384 e. The van der Waals surface area contributed by atoms with Crippen LogP contribution in [-0.4, -0.2) is 36.2 Å².